The van der Waals surface area contributed by atoms with Crippen LogP contribution in [-0.4, -0.2) is 50.0 Å². The molecule has 1 aromatic carbocycles. The summed E-state index contributed by atoms with van der Waals surface area (Å²) in [6.07, 6.45) is 5.33. The van der Waals surface area contributed by atoms with Gasteiger partial charge in [0.15, 0.2) is 11.5 Å². The van der Waals surface area contributed by atoms with E-state index >= 15 is 0 Å². The normalized spacial score (nSPS) is 35.1. The van der Waals surface area contributed by atoms with Crippen molar-refractivity contribution >= 4 is 0 Å². The van der Waals surface area contributed by atoms with Crippen LogP contribution in [0.5, 0.6) is 11.5 Å². The molecule has 2 aliphatic carbocycles. The summed E-state index contributed by atoms with van der Waals surface area (Å²) in [5.41, 5.74) is 1.61. The van der Waals surface area contributed by atoms with E-state index in [2.05, 4.69) is 24.1 Å². The number of methoxy groups -OCH3 is 2. The molecule has 1 unspecified atom stereocenters. The molecule has 4 heteroatoms. The zero-order valence-electron chi connectivity index (χ0n) is 14.3. The first-order chi connectivity index (χ1) is 11.1. The summed E-state index contributed by atoms with van der Waals surface area (Å²) in [6.45, 7) is 1.10. The van der Waals surface area contributed by atoms with Crippen LogP contribution in [0.15, 0.2) is 18.2 Å². The summed E-state index contributed by atoms with van der Waals surface area (Å²) in [5.74, 6) is 1.59. The monoisotopic (exact) mass is 317 g/mol. The Kier molecular flexibility index (Phi) is 3.40. The van der Waals surface area contributed by atoms with Crippen molar-refractivity contribution < 1.29 is 14.6 Å². The van der Waals surface area contributed by atoms with Crippen molar-refractivity contribution in [1.82, 2.24) is 4.90 Å². The van der Waals surface area contributed by atoms with Gasteiger partial charge in [-0.05, 0) is 63.4 Å². The van der Waals surface area contributed by atoms with Gasteiger partial charge in [-0.25, -0.2) is 0 Å². The van der Waals surface area contributed by atoms with Crippen LogP contribution in [0.1, 0.15) is 37.7 Å². The zero-order chi connectivity index (χ0) is 16.2. The third-order valence-corrected chi connectivity index (χ3v) is 6.73. The number of likely N-dealkylation sites (N-methyl/N-ethyl adjacent to an activating group) is 1. The molecule has 3 atom stereocenters. The number of aliphatic hydroxyl groups is 1. The fourth-order valence-corrected chi connectivity index (χ4v) is 5.52. The highest BCUT2D eigenvalue weighted by Crippen LogP contribution is 2.65. The molecule has 2 saturated carbocycles. The van der Waals surface area contributed by atoms with E-state index in [0.29, 0.717) is 6.04 Å². The largest absolute Gasteiger partial charge is 0.493 e. The van der Waals surface area contributed by atoms with Gasteiger partial charge in [0.1, 0.15) is 0 Å². The molecule has 126 valence electrons. The lowest BCUT2D eigenvalue weighted by molar-refractivity contribution is -0.0230. The summed E-state index contributed by atoms with van der Waals surface area (Å²) in [4.78, 5) is 2.49. The van der Waals surface area contributed by atoms with Gasteiger partial charge < -0.3 is 19.5 Å². The zero-order valence-corrected chi connectivity index (χ0v) is 14.3. The van der Waals surface area contributed by atoms with E-state index < -0.39 is 0 Å². The van der Waals surface area contributed by atoms with Crippen LogP contribution in [0.2, 0.25) is 0 Å². The van der Waals surface area contributed by atoms with Gasteiger partial charge in [-0.3, -0.25) is 0 Å². The molecule has 1 saturated heterocycles. The second kappa shape index (κ2) is 5.12. The Labute approximate surface area is 138 Å². The van der Waals surface area contributed by atoms with Crippen LogP contribution < -0.4 is 9.47 Å². The standard InChI is InChI=1S/C19H27NO3/c1-20-11-10-18(7-6-16(21)19(8-9-19)17(18)20)13-4-5-14(22-2)15(12-13)23-3/h4-5,12,16-17,21H,6-11H2,1-3H3/t16-,17?,18-/m0/s1. The topological polar surface area (TPSA) is 41.9 Å². The first kappa shape index (κ1) is 15.3. The Morgan fingerprint density at radius 3 is 2.48 bits per heavy atom. The Hall–Kier alpha value is -1.26. The molecule has 1 heterocycles. The Morgan fingerprint density at radius 1 is 1.09 bits per heavy atom. The van der Waals surface area contributed by atoms with Crippen LogP contribution in [0.4, 0.5) is 0 Å². The average molecular weight is 317 g/mol. The molecule has 0 amide bonds. The first-order valence-corrected chi connectivity index (χ1v) is 8.68. The Morgan fingerprint density at radius 2 is 1.83 bits per heavy atom. The van der Waals surface area contributed by atoms with Crippen molar-refractivity contribution in [2.75, 3.05) is 27.8 Å². The maximum Gasteiger partial charge on any atom is 0.161 e. The molecular weight excluding hydrogens is 290 g/mol. The number of fused-ring (bicyclic) bond motifs is 2. The smallest absolute Gasteiger partial charge is 0.161 e. The fraction of sp³-hybridized carbons (Fsp3) is 0.684. The minimum Gasteiger partial charge on any atom is -0.493 e. The molecular formula is C19H27NO3. The molecule has 0 radical (unpaired) electrons. The highest BCUT2D eigenvalue weighted by Gasteiger charge is 2.67. The minimum atomic E-state index is -0.138. The van der Waals surface area contributed by atoms with Crippen molar-refractivity contribution in [3.63, 3.8) is 0 Å². The lowest BCUT2D eigenvalue weighted by Gasteiger charge is -2.49. The van der Waals surface area contributed by atoms with Gasteiger partial charge in [0.05, 0.1) is 20.3 Å². The van der Waals surface area contributed by atoms with Crippen LogP contribution in [0.25, 0.3) is 0 Å². The van der Waals surface area contributed by atoms with E-state index in [1.165, 1.54) is 5.56 Å². The second-order valence-electron chi connectivity index (χ2n) is 7.65. The molecule has 0 aromatic heterocycles. The lowest BCUT2D eigenvalue weighted by atomic mass is 9.60. The number of hydrogen-bond acceptors (Lipinski definition) is 4. The van der Waals surface area contributed by atoms with Gasteiger partial charge in [-0.2, -0.15) is 0 Å². The molecule has 3 fully saturated rings. The summed E-state index contributed by atoms with van der Waals surface area (Å²) in [5, 5.41) is 10.6. The van der Waals surface area contributed by atoms with E-state index in [9.17, 15) is 5.11 Å². The van der Waals surface area contributed by atoms with Gasteiger partial charge in [-0.1, -0.05) is 6.07 Å². The Balaban J connectivity index is 1.80. The summed E-state index contributed by atoms with van der Waals surface area (Å²) in [7, 11) is 5.61. The average Bonchev–Trinajstić information content (AvgIpc) is 3.28. The van der Waals surface area contributed by atoms with Crippen molar-refractivity contribution in [3.05, 3.63) is 23.8 Å². The van der Waals surface area contributed by atoms with Crippen molar-refractivity contribution in [3.8, 4) is 11.5 Å². The second-order valence-corrected chi connectivity index (χ2v) is 7.65. The SMILES string of the molecule is COc1ccc([C@@]23CC[C@H](O)C4(CC4)C2N(C)CC3)cc1OC. The van der Waals surface area contributed by atoms with Crippen LogP contribution in [0, 0.1) is 5.41 Å². The number of likely N-dealkylation sites (tertiary alicyclic amines) is 1. The molecule has 23 heavy (non-hydrogen) atoms. The number of aliphatic hydroxyl groups excluding tert-OH is 1. The van der Waals surface area contributed by atoms with Crippen LogP contribution >= 0.6 is 0 Å². The summed E-state index contributed by atoms with van der Waals surface area (Å²) in [6, 6.07) is 6.85. The van der Waals surface area contributed by atoms with Gasteiger partial charge >= 0.3 is 0 Å². The maximum atomic E-state index is 10.6. The number of rotatable bonds is 3. The highest BCUT2D eigenvalue weighted by molar-refractivity contribution is 5.47. The third-order valence-electron chi connectivity index (χ3n) is 6.73. The van der Waals surface area contributed by atoms with Crippen molar-refractivity contribution in [1.29, 1.82) is 0 Å². The molecule has 4 rings (SSSR count). The molecule has 3 aliphatic rings. The molecule has 1 spiro atoms. The van der Waals surface area contributed by atoms with Crippen LogP contribution in [0.3, 0.4) is 0 Å². The molecule has 4 nitrogen and oxygen atoms in total. The summed E-state index contributed by atoms with van der Waals surface area (Å²) >= 11 is 0. The molecule has 1 aromatic rings. The van der Waals surface area contributed by atoms with Gasteiger partial charge in [0, 0.05) is 16.9 Å². The maximum absolute atomic E-state index is 10.6. The predicted molar refractivity (Wildman–Crippen MR) is 89.2 cm³/mol. The Bertz CT molecular complexity index is 613. The molecule has 1 N–H and O–H groups in total. The highest BCUT2D eigenvalue weighted by atomic mass is 16.5. The van der Waals surface area contributed by atoms with E-state index in [1.54, 1.807) is 14.2 Å². The fourth-order valence-electron chi connectivity index (χ4n) is 5.52. The van der Waals surface area contributed by atoms with E-state index in [-0.39, 0.29) is 16.9 Å². The minimum absolute atomic E-state index is 0.122. The van der Waals surface area contributed by atoms with Crippen molar-refractivity contribution in [2.45, 2.75) is 49.7 Å². The quantitative estimate of drug-likeness (QED) is 0.930. The van der Waals surface area contributed by atoms with E-state index in [0.717, 1.165) is 50.1 Å². The van der Waals surface area contributed by atoms with Crippen LogP contribution in [-0.2, 0) is 5.41 Å². The van der Waals surface area contributed by atoms with Gasteiger partial charge in [-0.15, -0.1) is 0 Å². The predicted octanol–water partition coefficient (Wildman–Crippen LogP) is 2.58. The van der Waals surface area contributed by atoms with Gasteiger partial charge in [0.25, 0.3) is 0 Å². The van der Waals surface area contributed by atoms with E-state index in [4.69, 9.17) is 9.47 Å². The number of hydrogen-bond donors (Lipinski definition) is 1. The third kappa shape index (κ3) is 1.97. The molecule has 1 aliphatic heterocycles. The summed E-state index contributed by atoms with van der Waals surface area (Å²) < 4.78 is 10.9. The van der Waals surface area contributed by atoms with Crippen molar-refractivity contribution in [2.24, 2.45) is 5.41 Å². The van der Waals surface area contributed by atoms with E-state index in [1.807, 2.05) is 6.07 Å². The number of benzene rings is 1. The molecule has 0 bridgehead atoms. The number of ether oxygens (including phenoxy) is 2. The number of nitrogens with zero attached hydrogens (tertiary/aromatic N) is 1. The lowest BCUT2D eigenvalue weighted by Crippen LogP contribution is -2.55. The van der Waals surface area contributed by atoms with Gasteiger partial charge in [0.2, 0.25) is 0 Å². The first-order valence-electron chi connectivity index (χ1n) is 8.68.